The van der Waals surface area contributed by atoms with Gasteiger partial charge in [0.2, 0.25) is 0 Å². The Kier molecular flexibility index (Phi) is 7.18. The molecule has 0 fully saturated rings. The predicted molar refractivity (Wildman–Crippen MR) is 220 cm³/mol. The van der Waals surface area contributed by atoms with Crippen molar-refractivity contribution < 1.29 is 4.42 Å². The van der Waals surface area contributed by atoms with Gasteiger partial charge >= 0.3 is 0 Å². The van der Waals surface area contributed by atoms with E-state index in [0.29, 0.717) is 0 Å². The van der Waals surface area contributed by atoms with Crippen molar-refractivity contribution in [3.63, 3.8) is 0 Å². The van der Waals surface area contributed by atoms with E-state index in [1.807, 2.05) is 12.1 Å². The molecule has 10 aromatic rings. The molecule has 0 saturated heterocycles. The largest absolute Gasteiger partial charge is 0.456 e. The maximum atomic E-state index is 6.10. The topological polar surface area (TPSA) is 16.4 Å². The number of hydrogen-bond donors (Lipinski definition) is 0. The molecule has 0 atom stereocenters. The molecule has 2 nitrogen and oxygen atoms in total. The molecule has 52 heavy (non-hydrogen) atoms. The van der Waals surface area contributed by atoms with Crippen molar-refractivity contribution in [2.24, 2.45) is 0 Å². The quantitative estimate of drug-likeness (QED) is 0.176. The monoisotopic (exact) mass is 663 g/mol. The minimum absolute atomic E-state index is 0.910. The van der Waals surface area contributed by atoms with Crippen LogP contribution in [0.3, 0.4) is 0 Å². The molecule has 0 aliphatic heterocycles. The van der Waals surface area contributed by atoms with Crippen molar-refractivity contribution >= 4 is 60.5 Å². The van der Waals surface area contributed by atoms with E-state index in [0.717, 1.165) is 50.1 Å². The number of hydrogen-bond acceptors (Lipinski definition) is 2. The predicted octanol–water partition coefficient (Wildman–Crippen LogP) is 14.4. The normalized spacial score (nSPS) is 11.5. The first kappa shape index (κ1) is 30.0. The molecule has 0 radical (unpaired) electrons. The second-order valence-electron chi connectivity index (χ2n) is 13.3. The van der Waals surface area contributed by atoms with Crippen LogP contribution in [-0.2, 0) is 0 Å². The summed E-state index contributed by atoms with van der Waals surface area (Å²) in [4.78, 5) is 2.37. The summed E-state index contributed by atoms with van der Waals surface area (Å²) in [5, 5.41) is 7.22. The summed E-state index contributed by atoms with van der Waals surface area (Å²) in [7, 11) is 0. The van der Waals surface area contributed by atoms with Crippen molar-refractivity contribution in [3.05, 3.63) is 200 Å². The van der Waals surface area contributed by atoms with Crippen LogP contribution in [0, 0.1) is 0 Å². The van der Waals surface area contributed by atoms with Gasteiger partial charge in [-0.2, -0.15) is 0 Å². The van der Waals surface area contributed by atoms with Gasteiger partial charge in [-0.15, -0.1) is 0 Å². The van der Waals surface area contributed by atoms with E-state index < -0.39 is 0 Å². The Hall–Kier alpha value is -6.90. The highest BCUT2D eigenvalue weighted by Crippen LogP contribution is 2.41. The third-order valence-corrected chi connectivity index (χ3v) is 10.3. The van der Waals surface area contributed by atoms with E-state index in [1.165, 1.54) is 43.8 Å². The first-order valence-corrected chi connectivity index (χ1v) is 17.8. The Labute approximate surface area is 302 Å². The van der Waals surface area contributed by atoms with E-state index >= 15 is 0 Å². The fourth-order valence-electron chi connectivity index (χ4n) is 7.69. The molecule has 0 bridgehead atoms. The third kappa shape index (κ3) is 5.21. The summed E-state index contributed by atoms with van der Waals surface area (Å²) in [5.74, 6) is 0. The number of nitrogens with zero attached hydrogens (tertiary/aromatic N) is 1. The Morgan fingerprint density at radius 3 is 1.58 bits per heavy atom. The number of rotatable bonds is 6. The van der Waals surface area contributed by atoms with Gasteiger partial charge in [0.15, 0.2) is 0 Å². The zero-order valence-electron chi connectivity index (χ0n) is 28.4. The molecule has 2 heteroatoms. The molecule has 9 aromatic carbocycles. The molecule has 0 unspecified atom stereocenters. The second-order valence-corrected chi connectivity index (χ2v) is 13.3. The van der Waals surface area contributed by atoms with E-state index in [9.17, 15) is 0 Å². The average Bonchev–Trinajstić information content (AvgIpc) is 3.59. The number of para-hydroxylation sites is 1. The molecule has 0 N–H and O–H groups in total. The van der Waals surface area contributed by atoms with Gasteiger partial charge < -0.3 is 9.32 Å². The van der Waals surface area contributed by atoms with Crippen molar-refractivity contribution in [2.45, 2.75) is 0 Å². The van der Waals surface area contributed by atoms with Crippen molar-refractivity contribution in [1.29, 1.82) is 0 Å². The SMILES string of the molecule is c1cc(-c2ccc(N(c3ccc(-c4ccc5oc6ccccc6c5c4)cc3)c3cccc4ccccc34)cc2)cc(-c2cccc3ccccc23)c1. The molecule has 10 rings (SSSR count). The van der Waals surface area contributed by atoms with Gasteiger partial charge in [-0.3, -0.25) is 0 Å². The molecule has 0 saturated carbocycles. The number of benzene rings is 9. The van der Waals surface area contributed by atoms with Crippen LogP contribution in [0.15, 0.2) is 205 Å². The fourth-order valence-corrected chi connectivity index (χ4v) is 7.69. The lowest BCUT2D eigenvalue weighted by Gasteiger charge is -2.27. The van der Waals surface area contributed by atoms with E-state index in [1.54, 1.807) is 0 Å². The first-order valence-electron chi connectivity index (χ1n) is 17.8. The lowest BCUT2D eigenvalue weighted by atomic mass is 9.95. The van der Waals surface area contributed by atoms with Gasteiger partial charge in [0.25, 0.3) is 0 Å². The highest BCUT2D eigenvalue weighted by atomic mass is 16.3. The van der Waals surface area contributed by atoms with Gasteiger partial charge in [0.05, 0.1) is 5.69 Å². The first-order chi connectivity index (χ1) is 25.8. The molecule has 244 valence electrons. The van der Waals surface area contributed by atoms with Crippen LogP contribution < -0.4 is 4.90 Å². The van der Waals surface area contributed by atoms with Crippen LogP contribution in [0.25, 0.3) is 76.9 Å². The van der Waals surface area contributed by atoms with Crippen LogP contribution in [0.4, 0.5) is 17.1 Å². The summed E-state index contributed by atoms with van der Waals surface area (Å²) < 4.78 is 6.10. The highest BCUT2D eigenvalue weighted by molar-refractivity contribution is 6.06. The van der Waals surface area contributed by atoms with Gasteiger partial charge in [-0.05, 0) is 104 Å². The van der Waals surface area contributed by atoms with E-state index in [2.05, 4.69) is 193 Å². The Bertz CT molecular complexity index is 2890. The van der Waals surface area contributed by atoms with Crippen LogP contribution in [-0.4, -0.2) is 0 Å². The smallest absolute Gasteiger partial charge is 0.135 e. The van der Waals surface area contributed by atoms with Crippen LogP contribution in [0.1, 0.15) is 0 Å². The summed E-state index contributed by atoms with van der Waals surface area (Å²) in [6.45, 7) is 0. The molecular formula is C50H33NO. The van der Waals surface area contributed by atoms with Crippen molar-refractivity contribution in [2.75, 3.05) is 4.90 Å². The van der Waals surface area contributed by atoms with Gasteiger partial charge in [-0.25, -0.2) is 0 Å². The fraction of sp³-hybridized carbons (Fsp3) is 0. The maximum Gasteiger partial charge on any atom is 0.135 e. The number of furan rings is 1. The van der Waals surface area contributed by atoms with Crippen LogP contribution in [0.2, 0.25) is 0 Å². The lowest BCUT2D eigenvalue weighted by Crippen LogP contribution is -2.10. The minimum Gasteiger partial charge on any atom is -0.456 e. The summed E-state index contributed by atoms with van der Waals surface area (Å²) >= 11 is 0. The molecule has 1 heterocycles. The summed E-state index contributed by atoms with van der Waals surface area (Å²) in [5.41, 5.74) is 12.3. The lowest BCUT2D eigenvalue weighted by molar-refractivity contribution is 0.669. The van der Waals surface area contributed by atoms with Crippen molar-refractivity contribution in [3.8, 4) is 33.4 Å². The summed E-state index contributed by atoms with van der Waals surface area (Å²) in [6, 6.07) is 71.8. The number of fused-ring (bicyclic) bond motifs is 5. The minimum atomic E-state index is 0.910. The van der Waals surface area contributed by atoms with Gasteiger partial charge in [0, 0.05) is 27.5 Å². The molecule has 0 aliphatic rings. The second kappa shape index (κ2) is 12.5. The van der Waals surface area contributed by atoms with Crippen molar-refractivity contribution in [1.82, 2.24) is 0 Å². The van der Waals surface area contributed by atoms with Gasteiger partial charge in [0.1, 0.15) is 11.2 Å². The standard InChI is InChI=1S/C50H33NO/c1-3-16-43-36(10-1)12-8-19-44(43)40-15-7-14-38(32-40)34-22-27-41(28-23-34)51(48-20-9-13-37-11-2-4-17-45(37)48)42-29-24-35(25-30-42)39-26-31-50-47(33-39)46-18-5-6-21-49(46)52-50/h1-33H. The van der Waals surface area contributed by atoms with E-state index in [-0.39, 0.29) is 0 Å². The zero-order chi connectivity index (χ0) is 34.4. The maximum absolute atomic E-state index is 6.10. The molecular weight excluding hydrogens is 631 g/mol. The molecule has 0 aliphatic carbocycles. The average molecular weight is 664 g/mol. The third-order valence-electron chi connectivity index (χ3n) is 10.3. The van der Waals surface area contributed by atoms with Crippen LogP contribution in [0.5, 0.6) is 0 Å². The van der Waals surface area contributed by atoms with Gasteiger partial charge in [-0.1, -0.05) is 146 Å². The molecule has 1 aromatic heterocycles. The Balaban J connectivity index is 1.04. The summed E-state index contributed by atoms with van der Waals surface area (Å²) in [6.07, 6.45) is 0. The highest BCUT2D eigenvalue weighted by Gasteiger charge is 2.17. The van der Waals surface area contributed by atoms with Crippen LogP contribution >= 0.6 is 0 Å². The zero-order valence-corrected chi connectivity index (χ0v) is 28.4. The number of anilines is 3. The Morgan fingerprint density at radius 2 is 0.827 bits per heavy atom. The molecule has 0 spiro atoms. The Morgan fingerprint density at radius 1 is 0.308 bits per heavy atom. The molecule has 0 amide bonds. The van der Waals surface area contributed by atoms with E-state index in [4.69, 9.17) is 4.42 Å².